The van der Waals surface area contributed by atoms with Crippen molar-refractivity contribution < 1.29 is 8.42 Å². The van der Waals surface area contributed by atoms with E-state index in [-0.39, 0.29) is 0 Å². The van der Waals surface area contributed by atoms with Crippen molar-refractivity contribution in [3.63, 3.8) is 0 Å². The molecular weight excluding hydrogens is 231 g/mol. The number of halogens is 2. The Kier molecular flexibility index (Phi) is 3.10. The van der Waals surface area contributed by atoms with Gasteiger partial charge < -0.3 is 0 Å². The lowest BCUT2D eigenvalue weighted by atomic mass is 9.97. The first-order valence-corrected chi connectivity index (χ1v) is 6.63. The molecule has 0 saturated carbocycles. The van der Waals surface area contributed by atoms with Crippen molar-refractivity contribution in [2.75, 3.05) is 0 Å². The fourth-order valence-electron chi connectivity index (χ4n) is 1.28. The minimum atomic E-state index is -3.64. The summed E-state index contributed by atoms with van der Waals surface area (Å²) in [5.74, 6) is 0. The third kappa shape index (κ3) is 2.27. The van der Waals surface area contributed by atoms with E-state index in [0.29, 0.717) is 6.42 Å². The van der Waals surface area contributed by atoms with E-state index in [1.165, 1.54) is 6.08 Å². The van der Waals surface area contributed by atoms with Gasteiger partial charge in [0.05, 0.1) is 4.87 Å². The number of hydrogen-bond acceptors (Lipinski definition) is 2. The van der Waals surface area contributed by atoms with E-state index in [0.717, 1.165) is 0 Å². The molecular formula is C8H10Cl2O2S. The summed E-state index contributed by atoms with van der Waals surface area (Å²) in [4.78, 5) is -0.894. The minimum Gasteiger partial charge on any atom is -0.212 e. The molecule has 0 aromatic carbocycles. The number of allylic oxidation sites excluding steroid dienone is 3. The molecule has 2 nitrogen and oxygen atoms in total. The molecule has 1 aliphatic carbocycles. The first-order valence-electron chi connectivity index (χ1n) is 3.88. The third-order valence-electron chi connectivity index (χ3n) is 2.09. The Hall–Kier alpha value is 0.01000. The Morgan fingerprint density at radius 2 is 2.08 bits per heavy atom. The maximum absolute atomic E-state index is 11.2. The molecule has 0 heterocycles. The van der Waals surface area contributed by atoms with Crippen molar-refractivity contribution in [2.24, 2.45) is 0 Å². The molecule has 74 valence electrons. The van der Waals surface area contributed by atoms with Gasteiger partial charge in [-0.2, -0.15) is 0 Å². The Labute approximate surface area is 87.6 Å². The van der Waals surface area contributed by atoms with Crippen molar-refractivity contribution in [2.45, 2.75) is 23.5 Å². The molecule has 1 rings (SSSR count). The van der Waals surface area contributed by atoms with E-state index in [4.69, 9.17) is 22.3 Å². The van der Waals surface area contributed by atoms with Crippen molar-refractivity contribution in [1.82, 2.24) is 0 Å². The second-order valence-electron chi connectivity index (χ2n) is 2.92. The average Bonchev–Trinajstić information content (AvgIpc) is 2.03. The summed E-state index contributed by atoms with van der Waals surface area (Å²) in [7, 11) is 1.63. The molecule has 0 spiro atoms. The van der Waals surface area contributed by atoms with Gasteiger partial charge in [0.2, 0.25) is 9.05 Å². The minimum absolute atomic E-state index is 0.520. The predicted molar refractivity (Wildman–Crippen MR) is 55.7 cm³/mol. The zero-order valence-electron chi connectivity index (χ0n) is 7.07. The van der Waals surface area contributed by atoms with Crippen molar-refractivity contribution in [1.29, 1.82) is 0 Å². The summed E-state index contributed by atoms with van der Waals surface area (Å²) in [5.41, 5.74) is 0. The second-order valence-corrected chi connectivity index (χ2v) is 6.37. The lowest BCUT2D eigenvalue weighted by Crippen LogP contribution is -2.38. The summed E-state index contributed by atoms with van der Waals surface area (Å²) >= 11 is 6.11. The first kappa shape index (κ1) is 11.1. The Bertz CT molecular complexity index is 345. The number of alkyl halides is 1. The zero-order valence-corrected chi connectivity index (χ0v) is 9.40. The van der Waals surface area contributed by atoms with Gasteiger partial charge in [-0.25, -0.2) is 8.42 Å². The van der Waals surface area contributed by atoms with Crippen LogP contribution in [0.25, 0.3) is 0 Å². The Balaban J connectivity index is 3.10. The van der Waals surface area contributed by atoms with Gasteiger partial charge in [0.1, 0.15) is 5.25 Å². The highest BCUT2D eigenvalue weighted by molar-refractivity contribution is 8.14. The molecule has 2 atom stereocenters. The molecule has 0 aromatic heterocycles. The van der Waals surface area contributed by atoms with Crippen LogP contribution in [-0.2, 0) is 9.05 Å². The highest BCUT2D eigenvalue weighted by Crippen LogP contribution is 2.35. The normalized spacial score (nSPS) is 33.6. The second kappa shape index (κ2) is 3.64. The summed E-state index contributed by atoms with van der Waals surface area (Å²) < 4.78 is 22.3. The molecule has 0 bridgehead atoms. The van der Waals surface area contributed by atoms with Crippen LogP contribution >= 0.6 is 22.3 Å². The predicted octanol–water partition coefficient (Wildman–Crippen LogP) is 2.44. The zero-order chi connectivity index (χ0) is 10.1. The fraction of sp³-hybridized carbons (Fsp3) is 0.500. The molecule has 0 saturated heterocycles. The SMILES string of the molecule is CCC1(Cl)C=CC=CC1S(=O)(=O)Cl. The first-order chi connectivity index (χ1) is 5.90. The summed E-state index contributed by atoms with van der Waals surface area (Å²) in [6.45, 7) is 1.82. The van der Waals surface area contributed by atoms with Crippen LogP contribution in [0.15, 0.2) is 24.3 Å². The quantitative estimate of drug-likeness (QED) is 0.549. The van der Waals surface area contributed by atoms with Gasteiger partial charge in [0.15, 0.2) is 0 Å². The number of hydrogen-bond donors (Lipinski definition) is 0. The summed E-state index contributed by atoms with van der Waals surface area (Å²) in [6.07, 6.45) is 7.07. The largest absolute Gasteiger partial charge is 0.241 e. The van der Waals surface area contributed by atoms with Crippen LogP contribution < -0.4 is 0 Å². The van der Waals surface area contributed by atoms with Gasteiger partial charge in [0, 0.05) is 10.7 Å². The maximum Gasteiger partial charge on any atom is 0.241 e. The van der Waals surface area contributed by atoms with Crippen molar-refractivity contribution in [3.8, 4) is 0 Å². The van der Waals surface area contributed by atoms with Gasteiger partial charge in [-0.05, 0) is 6.42 Å². The summed E-state index contributed by atoms with van der Waals surface area (Å²) in [6, 6.07) is 0. The smallest absolute Gasteiger partial charge is 0.212 e. The molecule has 1 aliphatic rings. The topological polar surface area (TPSA) is 34.1 Å². The van der Waals surface area contributed by atoms with Crippen molar-refractivity contribution >= 4 is 31.3 Å². The van der Waals surface area contributed by atoms with Crippen LogP contribution in [0.4, 0.5) is 0 Å². The van der Waals surface area contributed by atoms with E-state index >= 15 is 0 Å². The monoisotopic (exact) mass is 240 g/mol. The van der Waals surface area contributed by atoms with E-state index in [9.17, 15) is 8.42 Å². The average molecular weight is 241 g/mol. The molecule has 13 heavy (non-hydrogen) atoms. The third-order valence-corrected chi connectivity index (χ3v) is 4.61. The lowest BCUT2D eigenvalue weighted by molar-refractivity contribution is 0.580. The van der Waals surface area contributed by atoms with Gasteiger partial charge in [-0.1, -0.05) is 31.2 Å². The van der Waals surface area contributed by atoms with Gasteiger partial charge in [0.25, 0.3) is 0 Å². The van der Waals surface area contributed by atoms with Crippen LogP contribution in [0.5, 0.6) is 0 Å². The number of rotatable bonds is 2. The summed E-state index contributed by atoms with van der Waals surface area (Å²) in [5, 5.41) is -0.835. The lowest BCUT2D eigenvalue weighted by Gasteiger charge is -2.29. The molecule has 0 N–H and O–H groups in total. The van der Waals surface area contributed by atoms with Crippen LogP contribution in [0, 0.1) is 0 Å². The maximum atomic E-state index is 11.2. The standard InChI is InChI=1S/C8H10Cl2O2S/c1-2-8(9)6-4-3-5-7(8)13(10,11)12/h3-7H,2H2,1H3. The Morgan fingerprint density at radius 3 is 2.46 bits per heavy atom. The molecule has 0 aromatic rings. The highest BCUT2D eigenvalue weighted by atomic mass is 35.7. The van der Waals surface area contributed by atoms with E-state index in [2.05, 4.69) is 0 Å². The molecule has 5 heteroatoms. The molecule has 0 radical (unpaired) electrons. The molecule has 0 aliphatic heterocycles. The van der Waals surface area contributed by atoms with Crippen LogP contribution in [0.1, 0.15) is 13.3 Å². The van der Waals surface area contributed by atoms with Gasteiger partial charge in [-0.3, -0.25) is 0 Å². The van der Waals surface area contributed by atoms with E-state index in [1.54, 1.807) is 18.2 Å². The Morgan fingerprint density at radius 1 is 1.46 bits per heavy atom. The molecule has 0 amide bonds. The van der Waals surface area contributed by atoms with E-state index < -0.39 is 19.2 Å². The van der Waals surface area contributed by atoms with Gasteiger partial charge >= 0.3 is 0 Å². The molecule has 2 unspecified atom stereocenters. The highest BCUT2D eigenvalue weighted by Gasteiger charge is 2.40. The van der Waals surface area contributed by atoms with Gasteiger partial charge in [-0.15, -0.1) is 11.6 Å². The fourth-order valence-corrected chi connectivity index (χ4v) is 3.56. The van der Waals surface area contributed by atoms with Crippen LogP contribution in [-0.4, -0.2) is 18.5 Å². The molecule has 0 fully saturated rings. The van der Waals surface area contributed by atoms with E-state index in [1.807, 2.05) is 6.92 Å². The van der Waals surface area contributed by atoms with Crippen LogP contribution in [0.2, 0.25) is 0 Å². The van der Waals surface area contributed by atoms with Crippen LogP contribution in [0.3, 0.4) is 0 Å². The van der Waals surface area contributed by atoms with Crippen molar-refractivity contribution in [3.05, 3.63) is 24.3 Å².